The van der Waals surface area contributed by atoms with Crippen LogP contribution in [0.3, 0.4) is 0 Å². The van der Waals surface area contributed by atoms with Gasteiger partial charge in [-0.25, -0.2) is 4.98 Å². The Morgan fingerprint density at radius 1 is 1.35 bits per heavy atom. The lowest BCUT2D eigenvalue weighted by molar-refractivity contribution is 0.545. The van der Waals surface area contributed by atoms with Crippen molar-refractivity contribution in [2.24, 2.45) is 0 Å². The number of nitrogens with one attached hydrogen (secondary N) is 1. The first-order valence-corrected chi connectivity index (χ1v) is 7.46. The summed E-state index contributed by atoms with van der Waals surface area (Å²) in [4.78, 5) is 4.29. The van der Waals surface area contributed by atoms with Gasteiger partial charge in [0, 0.05) is 24.8 Å². The van der Waals surface area contributed by atoms with E-state index in [0.29, 0.717) is 12.1 Å². The second-order valence-electron chi connectivity index (χ2n) is 5.99. The molecule has 3 nitrogen and oxygen atoms in total. The van der Waals surface area contributed by atoms with Crippen molar-refractivity contribution in [3.05, 3.63) is 53.1 Å². The van der Waals surface area contributed by atoms with Crippen LogP contribution in [0.15, 0.2) is 30.7 Å². The molecule has 1 heterocycles. The maximum Gasteiger partial charge on any atom is 0.0951 e. The van der Waals surface area contributed by atoms with E-state index in [4.69, 9.17) is 0 Å². The van der Waals surface area contributed by atoms with Crippen LogP contribution in [0.2, 0.25) is 0 Å². The summed E-state index contributed by atoms with van der Waals surface area (Å²) in [5.41, 5.74) is 5.36. The number of aromatic nitrogens is 2. The molecule has 1 aliphatic rings. The minimum atomic E-state index is 0.359. The van der Waals surface area contributed by atoms with Gasteiger partial charge in [0.1, 0.15) is 0 Å². The molecule has 0 amide bonds. The van der Waals surface area contributed by atoms with E-state index in [1.165, 1.54) is 35.2 Å². The Morgan fingerprint density at radius 3 is 2.85 bits per heavy atom. The lowest BCUT2D eigenvalue weighted by atomic mass is 10.0. The van der Waals surface area contributed by atoms with E-state index in [0.717, 1.165) is 6.54 Å². The summed E-state index contributed by atoms with van der Waals surface area (Å²) < 4.78 is 2.32. The summed E-state index contributed by atoms with van der Waals surface area (Å²) >= 11 is 0. The molecule has 3 rings (SSSR count). The molecule has 0 saturated heterocycles. The number of hydrogen-bond acceptors (Lipinski definition) is 2. The van der Waals surface area contributed by atoms with Crippen LogP contribution in [-0.4, -0.2) is 9.55 Å². The predicted octanol–water partition coefficient (Wildman–Crippen LogP) is 3.69. The highest BCUT2D eigenvalue weighted by Gasteiger charge is 2.25. The first-order chi connectivity index (χ1) is 9.65. The molecule has 0 radical (unpaired) electrons. The zero-order chi connectivity index (χ0) is 14.1. The number of hydrogen-bond donors (Lipinski definition) is 1. The Labute approximate surface area is 121 Å². The first kappa shape index (κ1) is 13.4. The Hall–Kier alpha value is -1.61. The van der Waals surface area contributed by atoms with E-state index in [-0.39, 0.29) is 0 Å². The minimum Gasteiger partial charge on any atom is -0.330 e. The molecule has 0 spiro atoms. The molecule has 1 N–H and O–H groups in total. The van der Waals surface area contributed by atoms with E-state index in [9.17, 15) is 0 Å². The first-order valence-electron chi connectivity index (χ1n) is 7.46. The lowest BCUT2D eigenvalue weighted by Gasteiger charge is -2.17. The topological polar surface area (TPSA) is 29.9 Å². The SMILES string of the molecule is Cc1ccc(C(C)NCc2cncn2C2CC2)c(C)c1. The van der Waals surface area contributed by atoms with Crippen molar-refractivity contribution < 1.29 is 0 Å². The summed E-state index contributed by atoms with van der Waals surface area (Å²) in [6.07, 6.45) is 6.56. The average molecular weight is 269 g/mol. The van der Waals surface area contributed by atoms with Gasteiger partial charge in [0.2, 0.25) is 0 Å². The summed E-state index contributed by atoms with van der Waals surface area (Å²) in [5, 5.41) is 3.62. The van der Waals surface area contributed by atoms with Crippen LogP contribution in [0.4, 0.5) is 0 Å². The van der Waals surface area contributed by atoms with Gasteiger partial charge in [0.15, 0.2) is 0 Å². The maximum absolute atomic E-state index is 4.29. The van der Waals surface area contributed by atoms with Crippen molar-refractivity contribution in [3.63, 3.8) is 0 Å². The van der Waals surface area contributed by atoms with Gasteiger partial charge < -0.3 is 9.88 Å². The summed E-state index contributed by atoms with van der Waals surface area (Å²) in [7, 11) is 0. The van der Waals surface area contributed by atoms with Crippen LogP contribution in [0.25, 0.3) is 0 Å². The number of imidazole rings is 1. The molecular formula is C17H23N3. The van der Waals surface area contributed by atoms with Crippen LogP contribution >= 0.6 is 0 Å². The highest BCUT2D eigenvalue weighted by atomic mass is 15.1. The molecule has 1 aliphatic carbocycles. The molecule has 1 fully saturated rings. The molecule has 0 bridgehead atoms. The largest absolute Gasteiger partial charge is 0.330 e. The van der Waals surface area contributed by atoms with Gasteiger partial charge in [0.25, 0.3) is 0 Å². The molecular weight excluding hydrogens is 246 g/mol. The fraction of sp³-hybridized carbons (Fsp3) is 0.471. The molecule has 1 aromatic heterocycles. The van der Waals surface area contributed by atoms with Gasteiger partial charge in [-0.2, -0.15) is 0 Å². The fourth-order valence-electron chi connectivity index (χ4n) is 2.83. The van der Waals surface area contributed by atoms with Gasteiger partial charge >= 0.3 is 0 Å². The highest BCUT2D eigenvalue weighted by molar-refractivity contribution is 5.32. The standard InChI is InChI=1S/C17H23N3/c1-12-4-7-17(13(2)8-12)14(3)19-10-16-9-18-11-20(16)15-5-6-15/h4,7-9,11,14-15,19H,5-6,10H2,1-3H3. The maximum atomic E-state index is 4.29. The van der Waals surface area contributed by atoms with Crippen LogP contribution < -0.4 is 5.32 Å². The molecule has 1 aromatic carbocycles. The summed E-state index contributed by atoms with van der Waals surface area (Å²) in [6, 6.07) is 7.74. The zero-order valence-electron chi connectivity index (χ0n) is 12.6. The van der Waals surface area contributed by atoms with Crippen molar-refractivity contribution in [1.29, 1.82) is 0 Å². The molecule has 3 heteroatoms. The minimum absolute atomic E-state index is 0.359. The van der Waals surface area contributed by atoms with E-state index in [1.54, 1.807) is 0 Å². The van der Waals surface area contributed by atoms with Gasteiger partial charge in [-0.15, -0.1) is 0 Å². The van der Waals surface area contributed by atoms with Gasteiger partial charge in [-0.3, -0.25) is 0 Å². The van der Waals surface area contributed by atoms with E-state index >= 15 is 0 Å². The molecule has 106 valence electrons. The van der Waals surface area contributed by atoms with E-state index in [1.807, 2.05) is 12.5 Å². The molecule has 1 saturated carbocycles. The Morgan fingerprint density at radius 2 is 2.15 bits per heavy atom. The van der Waals surface area contributed by atoms with Crippen molar-refractivity contribution in [2.45, 2.75) is 52.2 Å². The zero-order valence-corrected chi connectivity index (χ0v) is 12.6. The molecule has 1 unspecified atom stereocenters. The van der Waals surface area contributed by atoms with Crippen LogP contribution in [-0.2, 0) is 6.54 Å². The van der Waals surface area contributed by atoms with E-state index < -0.39 is 0 Å². The third-order valence-electron chi connectivity index (χ3n) is 4.17. The van der Waals surface area contributed by atoms with Crippen molar-refractivity contribution in [3.8, 4) is 0 Å². The Bertz CT molecular complexity index is 596. The van der Waals surface area contributed by atoms with Gasteiger partial charge in [0.05, 0.1) is 12.0 Å². The Balaban J connectivity index is 1.66. The molecule has 2 aromatic rings. The number of benzene rings is 1. The normalized spacial score (nSPS) is 16.4. The smallest absolute Gasteiger partial charge is 0.0951 e. The van der Waals surface area contributed by atoms with Crippen molar-refractivity contribution >= 4 is 0 Å². The van der Waals surface area contributed by atoms with Crippen molar-refractivity contribution in [2.75, 3.05) is 0 Å². The lowest BCUT2D eigenvalue weighted by Crippen LogP contribution is -2.20. The number of nitrogens with zero attached hydrogens (tertiary/aromatic N) is 2. The average Bonchev–Trinajstić information content (AvgIpc) is 3.15. The summed E-state index contributed by atoms with van der Waals surface area (Å²) in [6.45, 7) is 7.44. The monoisotopic (exact) mass is 269 g/mol. The molecule has 20 heavy (non-hydrogen) atoms. The third-order valence-corrected chi connectivity index (χ3v) is 4.17. The molecule has 0 aliphatic heterocycles. The van der Waals surface area contributed by atoms with Gasteiger partial charge in [-0.1, -0.05) is 23.8 Å². The summed E-state index contributed by atoms with van der Waals surface area (Å²) in [5.74, 6) is 0. The van der Waals surface area contributed by atoms with Crippen LogP contribution in [0.1, 0.15) is 54.2 Å². The molecule has 1 atom stereocenters. The Kier molecular flexibility index (Phi) is 3.62. The predicted molar refractivity (Wildman–Crippen MR) is 81.7 cm³/mol. The van der Waals surface area contributed by atoms with E-state index in [2.05, 4.69) is 53.8 Å². The third kappa shape index (κ3) is 2.78. The quantitative estimate of drug-likeness (QED) is 0.897. The van der Waals surface area contributed by atoms with Crippen molar-refractivity contribution in [1.82, 2.24) is 14.9 Å². The fourth-order valence-corrected chi connectivity index (χ4v) is 2.83. The van der Waals surface area contributed by atoms with Crippen LogP contribution in [0, 0.1) is 13.8 Å². The second kappa shape index (κ2) is 5.41. The van der Waals surface area contributed by atoms with Crippen LogP contribution in [0.5, 0.6) is 0 Å². The number of rotatable bonds is 5. The highest BCUT2D eigenvalue weighted by Crippen LogP contribution is 2.35. The van der Waals surface area contributed by atoms with Gasteiger partial charge in [-0.05, 0) is 44.7 Å². The second-order valence-corrected chi connectivity index (χ2v) is 5.99. The number of aryl methyl sites for hydroxylation is 2.